The summed E-state index contributed by atoms with van der Waals surface area (Å²) in [5.74, 6) is 0.426. The van der Waals surface area contributed by atoms with E-state index in [0.29, 0.717) is 12.4 Å². The summed E-state index contributed by atoms with van der Waals surface area (Å²) in [5.41, 5.74) is 5.88. The molecule has 0 aliphatic carbocycles. The van der Waals surface area contributed by atoms with Gasteiger partial charge in [0.15, 0.2) is 0 Å². The van der Waals surface area contributed by atoms with Crippen molar-refractivity contribution in [1.29, 1.82) is 0 Å². The summed E-state index contributed by atoms with van der Waals surface area (Å²) in [5, 5.41) is 0. The number of halogens is 1. The van der Waals surface area contributed by atoms with Gasteiger partial charge in [-0.3, -0.25) is 0 Å². The highest BCUT2D eigenvalue weighted by Crippen LogP contribution is 2.11. The molecule has 1 aromatic rings. The molecule has 1 rings (SSSR count). The fraction of sp³-hybridized carbons (Fsp3) is 0.500. The zero-order valence-corrected chi connectivity index (χ0v) is 9.82. The van der Waals surface area contributed by atoms with E-state index in [9.17, 15) is 4.39 Å². The van der Waals surface area contributed by atoms with Crippen LogP contribution < -0.4 is 10.5 Å². The third-order valence-electron chi connectivity index (χ3n) is 2.17. The molecule has 0 aliphatic rings. The molecule has 1 atom stereocenters. The van der Waals surface area contributed by atoms with Crippen LogP contribution in [0.3, 0.4) is 0 Å². The number of hydrogen-bond acceptors (Lipinski definition) is 3. The Morgan fingerprint density at radius 1 is 1.31 bits per heavy atom. The van der Waals surface area contributed by atoms with Crippen molar-refractivity contribution in [2.75, 3.05) is 27.2 Å². The molecule has 0 saturated heterocycles. The van der Waals surface area contributed by atoms with Gasteiger partial charge in [0.1, 0.15) is 11.6 Å². The highest BCUT2D eigenvalue weighted by atomic mass is 19.1. The minimum atomic E-state index is -0.253. The van der Waals surface area contributed by atoms with Crippen molar-refractivity contribution in [1.82, 2.24) is 4.90 Å². The maximum atomic E-state index is 12.6. The maximum Gasteiger partial charge on any atom is 0.123 e. The Bertz CT molecular complexity index is 300. The smallest absolute Gasteiger partial charge is 0.123 e. The van der Waals surface area contributed by atoms with Gasteiger partial charge in [-0.1, -0.05) is 0 Å². The molecular formula is C12H19FN2O. The number of benzene rings is 1. The fourth-order valence-electron chi connectivity index (χ4n) is 1.42. The summed E-state index contributed by atoms with van der Waals surface area (Å²) in [6, 6.07) is 6.11. The molecule has 1 unspecified atom stereocenters. The first-order chi connectivity index (χ1) is 7.58. The number of likely N-dealkylation sites (N-methyl/N-ethyl adjacent to an activating group) is 1. The number of nitrogens with zero attached hydrogens (tertiary/aromatic N) is 1. The van der Waals surface area contributed by atoms with Crippen LogP contribution in [0.4, 0.5) is 4.39 Å². The molecule has 16 heavy (non-hydrogen) atoms. The zero-order chi connectivity index (χ0) is 12.0. The lowest BCUT2D eigenvalue weighted by atomic mass is 10.2. The summed E-state index contributed by atoms with van der Waals surface area (Å²) in [6.07, 6.45) is 0.787. The average molecular weight is 226 g/mol. The number of rotatable bonds is 6. The molecule has 0 aromatic heterocycles. The molecule has 0 heterocycles. The van der Waals surface area contributed by atoms with E-state index < -0.39 is 0 Å². The first-order valence-corrected chi connectivity index (χ1v) is 5.36. The largest absolute Gasteiger partial charge is 0.494 e. The second-order valence-corrected chi connectivity index (χ2v) is 4.11. The van der Waals surface area contributed by atoms with Gasteiger partial charge in [0.05, 0.1) is 6.61 Å². The Kier molecular flexibility index (Phi) is 5.22. The minimum Gasteiger partial charge on any atom is -0.494 e. The van der Waals surface area contributed by atoms with Gasteiger partial charge in [-0.15, -0.1) is 0 Å². The van der Waals surface area contributed by atoms with Crippen LogP contribution in [-0.2, 0) is 0 Å². The van der Waals surface area contributed by atoms with Crippen LogP contribution in [0.25, 0.3) is 0 Å². The summed E-state index contributed by atoms with van der Waals surface area (Å²) in [6.45, 7) is 1.40. The third kappa shape index (κ3) is 5.09. The van der Waals surface area contributed by atoms with Gasteiger partial charge in [0.25, 0.3) is 0 Å². The van der Waals surface area contributed by atoms with E-state index in [1.807, 2.05) is 19.0 Å². The van der Waals surface area contributed by atoms with Gasteiger partial charge >= 0.3 is 0 Å². The minimum absolute atomic E-state index is 0.107. The number of hydrogen-bond donors (Lipinski definition) is 1. The molecule has 0 bridgehead atoms. The highest BCUT2D eigenvalue weighted by molar-refractivity contribution is 5.21. The van der Waals surface area contributed by atoms with Crippen molar-refractivity contribution in [2.24, 2.45) is 5.73 Å². The molecule has 3 nitrogen and oxygen atoms in total. The van der Waals surface area contributed by atoms with Crippen molar-refractivity contribution in [2.45, 2.75) is 12.5 Å². The zero-order valence-electron chi connectivity index (χ0n) is 9.82. The molecule has 1 aromatic carbocycles. The lowest BCUT2D eigenvalue weighted by Gasteiger charge is -2.16. The van der Waals surface area contributed by atoms with E-state index in [-0.39, 0.29) is 11.9 Å². The van der Waals surface area contributed by atoms with Crippen LogP contribution in [0, 0.1) is 5.82 Å². The van der Waals surface area contributed by atoms with Gasteiger partial charge < -0.3 is 15.4 Å². The Morgan fingerprint density at radius 3 is 2.50 bits per heavy atom. The first-order valence-electron chi connectivity index (χ1n) is 5.36. The second kappa shape index (κ2) is 6.45. The average Bonchev–Trinajstić information content (AvgIpc) is 2.20. The SMILES string of the molecule is CN(C)CC(N)CCOc1ccc(F)cc1. The normalized spacial score (nSPS) is 12.8. The second-order valence-electron chi connectivity index (χ2n) is 4.11. The summed E-state index contributed by atoms with van der Waals surface area (Å²) < 4.78 is 18.0. The number of ether oxygens (including phenoxy) is 1. The Labute approximate surface area is 96.0 Å². The molecule has 0 aliphatic heterocycles. The van der Waals surface area contributed by atoms with Gasteiger partial charge in [-0.25, -0.2) is 4.39 Å². The van der Waals surface area contributed by atoms with E-state index >= 15 is 0 Å². The van der Waals surface area contributed by atoms with Crippen LogP contribution in [0.2, 0.25) is 0 Å². The molecule has 0 saturated carbocycles. The van der Waals surface area contributed by atoms with Crippen LogP contribution in [0.5, 0.6) is 5.75 Å². The van der Waals surface area contributed by atoms with E-state index in [4.69, 9.17) is 10.5 Å². The molecule has 0 spiro atoms. The van der Waals surface area contributed by atoms with E-state index in [0.717, 1.165) is 13.0 Å². The molecule has 90 valence electrons. The maximum absolute atomic E-state index is 12.6. The van der Waals surface area contributed by atoms with Gasteiger partial charge in [-0.05, 0) is 44.8 Å². The third-order valence-corrected chi connectivity index (χ3v) is 2.17. The monoisotopic (exact) mass is 226 g/mol. The lowest BCUT2D eigenvalue weighted by molar-refractivity contribution is 0.276. The quantitative estimate of drug-likeness (QED) is 0.798. The topological polar surface area (TPSA) is 38.5 Å². The fourth-order valence-corrected chi connectivity index (χ4v) is 1.42. The Balaban J connectivity index is 2.22. The lowest BCUT2D eigenvalue weighted by Crippen LogP contribution is -2.34. The standard InChI is InChI=1S/C12H19FN2O/c1-15(2)9-11(14)7-8-16-12-5-3-10(13)4-6-12/h3-6,11H,7-9,14H2,1-2H3. The highest BCUT2D eigenvalue weighted by Gasteiger charge is 2.04. The van der Waals surface area contributed by atoms with Crippen molar-refractivity contribution in [3.8, 4) is 5.75 Å². The van der Waals surface area contributed by atoms with Crippen molar-refractivity contribution in [3.05, 3.63) is 30.1 Å². The van der Waals surface area contributed by atoms with Crippen molar-refractivity contribution < 1.29 is 9.13 Å². The summed E-state index contributed by atoms with van der Waals surface area (Å²) in [7, 11) is 3.97. The van der Waals surface area contributed by atoms with E-state index in [1.165, 1.54) is 12.1 Å². The van der Waals surface area contributed by atoms with Crippen molar-refractivity contribution >= 4 is 0 Å². The van der Waals surface area contributed by atoms with Crippen LogP contribution in [0.15, 0.2) is 24.3 Å². The molecule has 0 radical (unpaired) electrons. The van der Waals surface area contributed by atoms with Crippen LogP contribution in [0.1, 0.15) is 6.42 Å². The Morgan fingerprint density at radius 2 is 1.94 bits per heavy atom. The van der Waals surface area contributed by atoms with Crippen molar-refractivity contribution in [3.63, 3.8) is 0 Å². The first kappa shape index (κ1) is 12.9. The summed E-state index contributed by atoms with van der Waals surface area (Å²) >= 11 is 0. The molecule has 0 fully saturated rings. The van der Waals surface area contributed by atoms with Gasteiger partial charge in [0, 0.05) is 12.6 Å². The predicted octanol–water partition coefficient (Wildman–Crippen LogP) is 1.48. The number of nitrogens with two attached hydrogens (primary N) is 1. The van der Waals surface area contributed by atoms with Crippen LogP contribution >= 0.6 is 0 Å². The van der Waals surface area contributed by atoms with Gasteiger partial charge in [-0.2, -0.15) is 0 Å². The molecule has 4 heteroatoms. The van der Waals surface area contributed by atoms with E-state index in [2.05, 4.69) is 0 Å². The predicted molar refractivity (Wildman–Crippen MR) is 63.0 cm³/mol. The van der Waals surface area contributed by atoms with E-state index in [1.54, 1.807) is 12.1 Å². The molecular weight excluding hydrogens is 207 g/mol. The molecule has 2 N–H and O–H groups in total. The Hall–Kier alpha value is -1.13. The van der Waals surface area contributed by atoms with Gasteiger partial charge in [0.2, 0.25) is 0 Å². The summed E-state index contributed by atoms with van der Waals surface area (Å²) in [4.78, 5) is 2.04. The molecule has 0 amide bonds. The van der Waals surface area contributed by atoms with Crippen LogP contribution in [-0.4, -0.2) is 38.2 Å².